The number of hydrogen-bond acceptors (Lipinski definition) is 8. The Hall–Kier alpha value is -3.58. The van der Waals surface area contributed by atoms with E-state index in [9.17, 15) is 27.9 Å². The number of ether oxygens (including phenoxy) is 1. The average molecular weight is 583 g/mol. The summed E-state index contributed by atoms with van der Waals surface area (Å²) in [5, 5.41) is 11.7. The van der Waals surface area contributed by atoms with Gasteiger partial charge in [0, 0.05) is 37.3 Å². The second-order valence-corrected chi connectivity index (χ2v) is 12.4. The Bertz CT molecular complexity index is 1530. The van der Waals surface area contributed by atoms with Crippen LogP contribution >= 0.6 is 0 Å². The van der Waals surface area contributed by atoms with E-state index in [0.29, 0.717) is 24.2 Å². The number of para-hydroxylation sites is 1. The molecule has 3 aliphatic heterocycles. The standard InChI is InChI=1S/C29H34N4O7S/c1-4-32-23-12-6-5-11-22(23)29(28(32)37)24(26(35)27(36)33(29)14-8-13-30(2)3)25(34)20-9-7-10-21(19-20)41(38,39)31-15-17-40-18-16-31/h5-7,9-12,19,34H,4,8,13-18H2,1-3H3/b25-24+. The zero-order chi connectivity index (χ0) is 29.5. The van der Waals surface area contributed by atoms with Crippen molar-refractivity contribution in [1.82, 2.24) is 14.1 Å². The van der Waals surface area contributed by atoms with Gasteiger partial charge in [-0.2, -0.15) is 4.31 Å². The van der Waals surface area contributed by atoms with E-state index in [2.05, 4.69) is 0 Å². The predicted octanol–water partition coefficient (Wildman–Crippen LogP) is 1.60. The maximum atomic E-state index is 14.3. The summed E-state index contributed by atoms with van der Waals surface area (Å²) in [6.45, 7) is 3.71. The molecule has 1 spiro atoms. The lowest BCUT2D eigenvalue weighted by Gasteiger charge is -2.34. The van der Waals surface area contributed by atoms with Gasteiger partial charge in [-0.25, -0.2) is 8.42 Å². The molecular weight excluding hydrogens is 548 g/mol. The van der Waals surface area contributed by atoms with Crippen molar-refractivity contribution >= 4 is 39.1 Å². The molecule has 0 aliphatic carbocycles. The Labute approximate surface area is 239 Å². The van der Waals surface area contributed by atoms with Crippen LogP contribution in [0.15, 0.2) is 59.0 Å². The van der Waals surface area contributed by atoms with Gasteiger partial charge in [-0.3, -0.25) is 14.4 Å². The number of fused-ring (bicyclic) bond motifs is 2. The highest BCUT2D eigenvalue weighted by Crippen LogP contribution is 2.53. The van der Waals surface area contributed by atoms with Gasteiger partial charge >= 0.3 is 0 Å². The van der Waals surface area contributed by atoms with E-state index in [1.54, 1.807) is 31.2 Å². The van der Waals surface area contributed by atoms with Gasteiger partial charge in [0.1, 0.15) is 5.76 Å². The summed E-state index contributed by atoms with van der Waals surface area (Å²) in [6.07, 6.45) is 0.483. The molecule has 0 aromatic heterocycles. The first-order valence-electron chi connectivity index (χ1n) is 13.6. The van der Waals surface area contributed by atoms with Crippen LogP contribution in [0.5, 0.6) is 0 Å². The van der Waals surface area contributed by atoms with Gasteiger partial charge in [0.05, 0.1) is 29.4 Å². The van der Waals surface area contributed by atoms with Crippen molar-refractivity contribution in [2.75, 3.05) is 64.9 Å². The lowest BCUT2D eigenvalue weighted by atomic mass is 9.82. The SMILES string of the molecule is CCN1C(=O)C2(/C(=C(/O)c3cccc(S(=O)(=O)N4CCOCC4)c3)C(=O)C(=O)N2CCCN(C)C)c2ccccc21. The molecule has 3 heterocycles. The fraction of sp³-hybridized carbons (Fsp3) is 0.414. The van der Waals surface area contributed by atoms with E-state index in [-0.39, 0.29) is 55.4 Å². The van der Waals surface area contributed by atoms with Crippen LogP contribution in [0.3, 0.4) is 0 Å². The highest BCUT2D eigenvalue weighted by Gasteiger charge is 2.66. The topological polar surface area (TPSA) is 128 Å². The first-order chi connectivity index (χ1) is 19.6. The molecule has 1 N–H and O–H groups in total. The van der Waals surface area contributed by atoms with Crippen LogP contribution in [-0.4, -0.2) is 105 Å². The van der Waals surface area contributed by atoms with Crippen molar-refractivity contribution in [2.24, 2.45) is 0 Å². The summed E-state index contributed by atoms with van der Waals surface area (Å²) in [5.74, 6) is -2.99. The number of hydrogen-bond donors (Lipinski definition) is 1. The molecule has 5 rings (SSSR count). The number of rotatable bonds is 8. The van der Waals surface area contributed by atoms with Gasteiger partial charge in [0.25, 0.3) is 17.6 Å². The van der Waals surface area contributed by atoms with E-state index >= 15 is 0 Å². The summed E-state index contributed by atoms with van der Waals surface area (Å²) in [6, 6.07) is 12.5. The summed E-state index contributed by atoms with van der Waals surface area (Å²) in [5.41, 5.74) is -1.24. The number of Topliss-reactive ketones (excluding diaryl/α,β-unsaturated/α-hetero) is 1. The van der Waals surface area contributed by atoms with Crippen LogP contribution < -0.4 is 4.90 Å². The third-order valence-electron chi connectivity index (χ3n) is 7.83. The fourth-order valence-electron chi connectivity index (χ4n) is 5.91. The fourth-order valence-corrected chi connectivity index (χ4v) is 7.36. The van der Waals surface area contributed by atoms with Crippen molar-refractivity contribution in [2.45, 2.75) is 23.8 Å². The quantitative estimate of drug-likeness (QED) is 0.283. The molecule has 1 atom stereocenters. The molecule has 2 amide bonds. The molecule has 0 bridgehead atoms. The Kier molecular flexibility index (Phi) is 7.77. The number of carbonyl (C=O) groups is 3. The maximum absolute atomic E-state index is 14.3. The minimum Gasteiger partial charge on any atom is -0.507 e. The second kappa shape index (κ2) is 11.0. The molecule has 3 aliphatic rings. The molecule has 12 heteroatoms. The van der Waals surface area contributed by atoms with Gasteiger partial charge < -0.3 is 24.5 Å². The summed E-state index contributed by atoms with van der Waals surface area (Å²) in [7, 11) is -0.148. The van der Waals surface area contributed by atoms with E-state index in [4.69, 9.17) is 4.74 Å². The van der Waals surface area contributed by atoms with Gasteiger partial charge in [-0.05, 0) is 52.2 Å². The predicted molar refractivity (Wildman–Crippen MR) is 152 cm³/mol. The zero-order valence-corrected chi connectivity index (χ0v) is 24.2. The summed E-state index contributed by atoms with van der Waals surface area (Å²) in [4.78, 5) is 46.3. The van der Waals surface area contributed by atoms with E-state index in [0.717, 1.165) is 0 Å². The normalized spacial score (nSPS) is 22.8. The third kappa shape index (κ3) is 4.55. The molecule has 0 radical (unpaired) electrons. The molecule has 11 nitrogen and oxygen atoms in total. The summed E-state index contributed by atoms with van der Waals surface area (Å²) < 4.78 is 33.3. The summed E-state index contributed by atoms with van der Waals surface area (Å²) >= 11 is 0. The lowest BCUT2D eigenvalue weighted by Crippen LogP contribution is -2.52. The van der Waals surface area contributed by atoms with Crippen molar-refractivity contribution in [3.05, 3.63) is 65.2 Å². The number of likely N-dealkylation sites (tertiary alicyclic amines) is 1. The van der Waals surface area contributed by atoms with E-state index in [1.807, 2.05) is 19.0 Å². The van der Waals surface area contributed by atoms with Crippen molar-refractivity contribution in [1.29, 1.82) is 0 Å². The number of anilines is 1. The molecule has 2 aromatic rings. The third-order valence-corrected chi connectivity index (χ3v) is 9.72. The Morgan fingerprint density at radius 3 is 2.44 bits per heavy atom. The number of aliphatic hydroxyl groups excluding tert-OH is 1. The molecule has 2 saturated heterocycles. The van der Waals surface area contributed by atoms with Crippen molar-refractivity contribution < 1.29 is 32.6 Å². The Morgan fingerprint density at radius 2 is 1.76 bits per heavy atom. The highest BCUT2D eigenvalue weighted by atomic mass is 32.2. The maximum Gasteiger partial charge on any atom is 0.296 e. The zero-order valence-electron chi connectivity index (χ0n) is 23.4. The van der Waals surface area contributed by atoms with Crippen LogP contribution in [0, 0.1) is 0 Å². The number of amides is 2. The molecule has 41 heavy (non-hydrogen) atoms. The van der Waals surface area contributed by atoms with Crippen molar-refractivity contribution in [3.8, 4) is 0 Å². The Morgan fingerprint density at radius 1 is 1.05 bits per heavy atom. The molecule has 2 aromatic carbocycles. The minimum absolute atomic E-state index is 0.0187. The van der Waals surface area contributed by atoms with Crippen LogP contribution in [0.2, 0.25) is 0 Å². The molecule has 1 unspecified atom stereocenters. The first kappa shape index (κ1) is 28.9. The van der Waals surface area contributed by atoms with Crippen LogP contribution in [0.1, 0.15) is 24.5 Å². The molecule has 218 valence electrons. The molecular formula is C29H34N4O7S. The number of carbonyl (C=O) groups excluding carboxylic acids is 3. The van der Waals surface area contributed by atoms with Gasteiger partial charge in [-0.15, -0.1) is 0 Å². The van der Waals surface area contributed by atoms with Crippen LogP contribution in [-0.2, 0) is 34.7 Å². The van der Waals surface area contributed by atoms with Gasteiger partial charge in [0.15, 0.2) is 5.54 Å². The first-order valence-corrected chi connectivity index (χ1v) is 15.0. The number of likely N-dealkylation sites (N-methyl/N-ethyl adjacent to an activating group) is 1. The number of aliphatic hydroxyl groups is 1. The van der Waals surface area contributed by atoms with E-state index in [1.165, 1.54) is 38.4 Å². The molecule has 2 fully saturated rings. The number of sulfonamides is 1. The number of morpholine rings is 1. The number of benzene rings is 2. The minimum atomic E-state index is -3.92. The number of nitrogens with zero attached hydrogens (tertiary/aromatic N) is 4. The van der Waals surface area contributed by atoms with Crippen molar-refractivity contribution in [3.63, 3.8) is 0 Å². The Balaban J connectivity index is 1.70. The lowest BCUT2D eigenvalue weighted by molar-refractivity contribution is -0.143. The van der Waals surface area contributed by atoms with Crippen LogP contribution in [0.4, 0.5) is 5.69 Å². The smallest absolute Gasteiger partial charge is 0.296 e. The van der Waals surface area contributed by atoms with Gasteiger partial charge in [0.2, 0.25) is 10.0 Å². The largest absolute Gasteiger partial charge is 0.507 e. The number of ketones is 1. The highest BCUT2D eigenvalue weighted by molar-refractivity contribution is 7.89. The monoisotopic (exact) mass is 582 g/mol. The van der Waals surface area contributed by atoms with E-state index < -0.39 is 38.9 Å². The second-order valence-electron chi connectivity index (χ2n) is 10.5. The van der Waals surface area contributed by atoms with Gasteiger partial charge in [-0.1, -0.05) is 30.3 Å². The average Bonchev–Trinajstić information content (AvgIpc) is 3.35. The van der Waals surface area contributed by atoms with Crippen LogP contribution in [0.25, 0.3) is 5.76 Å². The molecule has 0 saturated carbocycles.